The number of benzene rings is 2. The molecule has 0 bridgehead atoms. The minimum Gasteiger partial charge on any atom is -0.342 e. The van der Waals surface area contributed by atoms with E-state index in [-0.39, 0.29) is 23.4 Å². The molecule has 0 spiro atoms. The Balaban J connectivity index is 1.72. The molecule has 0 radical (unpaired) electrons. The molecule has 0 fully saturated rings. The van der Waals surface area contributed by atoms with Gasteiger partial charge in [0.1, 0.15) is 5.82 Å². The largest absolute Gasteiger partial charge is 0.342 e. The van der Waals surface area contributed by atoms with Crippen molar-refractivity contribution < 1.29 is 14.0 Å². The lowest BCUT2D eigenvalue weighted by Crippen LogP contribution is -2.23. The number of aromatic nitrogens is 1. The predicted octanol–water partition coefficient (Wildman–Crippen LogP) is 4.59. The number of carbonyl (C=O) groups excluding carboxylic acids is 2. The third-order valence-corrected chi connectivity index (χ3v) is 5.65. The second-order valence-electron chi connectivity index (χ2n) is 6.44. The number of carbonyl (C=O) groups is 2. The molecule has 5 nitrogen and oxygen atoms in total. The summed E-state index contributed by atoms with van der Waals surface area (Å²) in [6.07, 6.45) is 3.58. The lowest BCUT2D eigenvalue weighted by molar-refractivity contribution is -0.117. The fourth-order valence-electron chi connectivity index (χ4n) is 3.13. The van der Waals surface area contributed by atoms with Gasteiger partial charge < -0.3 is 9.88 Å². The van der Waals surface area contributed by atoms with Crippen LogP contribution in [0.5, 0.6) is 0 Å². The average Bonchev–Trinajstić information content (AvgIpc) is 3.18. The molecule has 3 aromatic rings. The van der Waals surface area contributed by atoms with Crippen LogP contribution in [0, 0.1) is 5.82 Å². The number of nitrogens with zero attached hydrogens (tertiary/aromatic N) is 2. The van der Waals surface area contributed by atoms with Crippen molar-refractivity contribution in [2.45, 2.75) is 13.5 Å². The van der Waals surface area contributed by atoms with Crippen LogP contribution < -0.4 is 5.32 Å². The number of aliphatic imine (C=N–C) groups is 1. The number of rotatable bonds is 3. The van der Waals surface area contributed by atoms with Crippen molar-refractivity contribution in [1.82, 2.24) is 9.88 Å². The van der Waals surface area contributed by atoms with Crippen molar-refractivity contribution in [3.05, 3.63) is 75.5 Å². The molecule has 1 aliphatic rings. The third kappa shape index (κ3) is 3.97. The molecular weight excluding hydrogens is 413 g/mol. The van der Waals surface area contributed by atoms with E-state index in [1.54, 1.807) is 18.2 Å². The van der Waals surface area contributed by atoms with Gasteiger partial charge >= 0.3 is 0 Å². The maximum atomic E-state index is 14.3. The molecule has 1 N–H and O–H groups in total. The molecule has 1 aromatic heterocycles. The molecule has 0 atom stereocenters. The molecule has 1 aliphatic heterocycles. The first-order valence-corrected chi connectivity index (χ1v) is 9.93. The molecule has 2 heterocycles. The van der Waals surface area contributed by atoms with E-state index < -0.39 is 5.91 Å². The Bertz CT molecular complexity index is 1200. The number of halogens is 2. The Morgan fingerprint density at radius 2 is 2.07 bits per heavy atom. The van der Waals surface area contributed by atoms with E-state index in [0.29, 0.717) is 15.5 Å². The van der Waals surface area contributed by atoms with Gasteiger partial charge in [-0.05, 0) is 36.0 Å². The molecule has 0 aliphatic carbocycles. The highest BCUT2D eigenvalue weighted by Gasteiger charge is 2.23. The highest BCUT2D eigenvalue weighted by molar-refractivity contribution is 8.18. The number of hydrogen-bond donors (Lipinski definition) is 1. The summed E-state index contributed by atoms with van der Waals surface area (Å²) in [5.74, 6) is -1.07. The van der Waals surface area contributed by atoms with Crippen molar-refractivity contribution in [2.24, 2.45) is 4.99 Å². The highest BCUT2D eigenvalue weighted by Crippen LogP contribution is 2.31. The molecule has 29 heavy (non-hydrogen) atoms. The first kappa shape index (κ1) is 19.4. The van der Waals surface area contributed by atoms with Gasteiger partial charge in [-0.1, -0.05) is 35.9 Å². The van der Waals surface area contributed by atoms with Gasteiger partial charge in [-0.25, -0.2) is 4.39 Å². The van der Waals surface area contributed by atoms with E-state index >= 15 is 0 Å². The number of para-hydroxylation sites is 1. The van der Waals surface area contributed by atoms with Crippen molar-refractivity contribution in [3.8, 4) is 0 Å². The lowest BCUT2D eigenvalue weighted by atomic mass is 10.1. The minimum atomic E-state index is -0.410. The quantitative estimate of drug-likeness (QED) is 0.622. The van der Waals surface area contributed by atoms with Crippen molar-refractivity contribution >= 4 is 57.3 Å². The summed E-state index contributed by atoms with van der Waals surface area (Å²) >= 11 is 7.30. The van der Waals surface area contributed by atoms with Gasteiger partial charge in [0.25, 0.3) is 5.91 Å². The van der Waals surface area contributed by atoms with Gasteiger partial charge in [-0.3, -0.25) is 9.59 Å². The molecular formula is C21H15ClFN3O2S. The van der Waals surface area contributed by atoms with Crippen LogP contribution in [-0.2, 0) is 16.1 Å². The van der Waals surface area contributed by atoms with Gasteiger partial charge in [-0.2, -0.15) is 4.99 Å². The molecule has 0 saturated carbocycles. The second-order valence-corrected chi connectivity index (χ2v) is 7.88. The van der Waals surface area contributed by atoms with E-state index in [1.807, 2.05) is 35.0 Å². The van der Waals surface area contributed by atoms with Gasteiger partial charge in [0, 0.05) is 40.2 Å². The fourth-order valence-corrected chi connectivity index (χ4v) is 4.20. The number of hydrogen-bond acceptors (Lipinski definition) is 3. The van der Waals surface area contributed by atoms with Crippen LogP contribution in [0.3, 0.4) is 0 Å². The van der Waals surface area contributed by atoms with Gasteiger partial charge in [0.05, 0.1) is 11.4 Å². The van der Waals surface area contributed by atoms with E-state index in [1.165, 1.54) is 13.0 Å². The normalized spacial score (nSPS) is 15.2. The zero-order valence-corrected chi connectivity index (χ0v) is 16.9. The molecule has 2 amide bonds. The lowest BCUT2D eigenvalue weighted by Gasteiger charge is -2.08. The minimum absolute atomic E-state index is 0.254. The first-order valence-electron chi connectivity index (χ1n) is 8.73. The summed E-state index contributed by atoms with van der Waals surface area (Å²) in [7, 11) is 0. The summed E-state index contributed by atoms with van der Waals surface area (Å²) in [5.41, 5.74) is 2.08. The van der Waals surface area contributed by atoms with Gasteiger partial charge in [-0.15, -0.1) is 0 Å². The SMILES string of the molecule is CC(=O)NC1=NC(=O)/C(=C/c2cn(Cc3c(F)cccc3Cl)c3ccccc23)S1. The molecule has 8 heteroatoms. The van der Waals surface area contributed by atoms with Crippen LogP contribution in [0.2, 0.25) is 5.02 Å². The average molecular weight is 428 g/mol. The summed E-state index contributed by atoms with van der Waals surface area (Å²) in [6.45, 7) is 1.61. The molecule has 2 aromatic carbocycles. The zero-order chi connectivity index (χ0) is 20.5. The maximum absolute atomic E-state index is 14.3. The Labute approximate surface area is 175 Å². The van der Waals surface area contributed by atoms with Crippen molar-refractivity contribution in [2.75, 3.05) is 0 Å². The molecule has 4 rings (SSSR count). The number of thioether (sulfide) groups is 1. The Morgan fingerprint density at radius 3 is 2.83 bits per heavy atom. The monoisotopic (exact) mass is 427 g/mol. The maximum Gasteiger partial charge on any atom is 0.286 e. The Kier molecular flexibility index (Phi) is 5.25. The third-order valence-electron chi connectivity index (χ3n) is 4.40. The smallest absolute Gasteiger partial charge is 0.286 e. The fraction of sp³-hybridized carbons (Fsp3) is 0.0952. The summed E-state index contributed by atoms with van der Waals surface area (Å²) in [5, 5.41) is 4.06. The van der Waals surface area contributed by atoms with Gasteiger partial charge in [0.2, 0.25) is 5.91 Å². The van der Waals surface area contributed by atoms with E-state index in [4.69, 9.17) is 11.6 Å². The van der Waals surface area contributed by atoms with Crippen molar-refractivity contribution in [3.63, 3.8) is 0 Å². The number of amidine groups is 1. The van der Waals surface area contributed by atoms with E-state index in [2.05, 4.69) is 10.3 Å². The van der Waals surface area contributed by atoms with Gasteiger partial charge in [0.15, 0.2) is 5.17 Å². The van der Waals surface area contributed by atoms with Crippen LogP contribution in [0.25, 0.3) is 17.0 Å². The summed E-state index contributed by atoms with van der Waals surface area (Å²) < 4.78 is 16.2. The topological polar surface area (TPSA) is 63.5 Å². The number of nitrogens with one attached hydrogen (secondary N) is 1. The molecule has 0 saturated heterocycles. The second kappa shape index (κ2) is 7.85. The van der Waals surface area contributed by atoms with Crippen LogP contribution in [-0.4, -0.2) is 21.5 Å². The summed E-state index contributed by atoms with van der Waals surface area (Å²) in [4.78, 5) is 27.6. The van der Waals surface area contributed by atoms with E-state index in [9.17, 15) is 14.0 Å². The highest BCUT2D eigenvalue weighted by atomic mass is 35.5. The number of fused-ring (bicyclic) bond motifs is 1. The van der Waals surface area contributed by atoms with Crippen LogP contribution in [0.15, 0.2) is 58.6 Å². The Hall–Kier alpha value is -2.90. The number of amides is 2. The predicted molar refractivity (Wildman–Crippen MR) is 114 cm³/mol. The van der Waals surface area contributed by atoms with Crippen LogP contribution in [0.4, 0.5) is 4.39 Å². The van der Waals surface area contributed by atoms with Crippen LogP contribution >= 0.6 is 23.4 Å². The standard InChI is InChI=1S/C21H15ClFN3O2S/c1-12(27)24-21-25-20(28)19(29-21)9-13-10-26(18-8-3-2-5-14(13)18)11-15-16(22)6-4-7-17(15)23/h2-10H,11H2,1H3,(H,24,25,27,28)/b19-9-. The van der Waals surface area contributed by atoms with Crippen molar-refractivity contribution in [1.29, 1.82) is 0 Å². The van der Waals surface area contributed by atoms with E-state index in [0.717, 1.165) is 28.2 Å². The zero-order valence-electron chi connectivity index (χ0n) is 15.3. The Morgan fingerprint density at radius 1 is 1.28 bits per heavy atom. The van der Waals surface area contributed by atoms with Crippen LogP contribution in [0.1, 0.15) is 18.1 Å². The summed E-state index contributed by atoms with van der Waals surface area (Å²) in [6, 6.07) is 12.3. The molecule has 146 valence electrons. The molecule has 0 unspecified atom stereocenters. The first-order chi connectivity index (χ1) is 13.9.